The van der Waals surface area contributed by atoms with E-state index in [0.717, 1.165) is 31.9 Å². The summed E-state index contributed by atoms with van der Waals surface area (Å²) in [4.78, 5) is 26.8. The monoisotopic (exact) mass is 579 g/mol. The number of aromatic amines is 1. The summed E-state index contributed by atoms with van der Waals surface area (Å²) in [5.41, 5.74) is -0.338. The Hall–Kier alpha value is -2.39. The van der Waals surface area contributed by atoms with Crippen molar-refractivity contribution < 1.29 is 13.8 Å². The van der Waals surface area contributed by atoms with Crippen LogP contribution in [0.2, 0.25) is 12.6 Å². The Morgan fingerprint density at radius 1 is 1.05 bits per heavy atom. The Balaban J connectivity index is 1.22. The molecular weight excluding hydrogens is 541 g/mol. The van der Waals surface area contributed by atoms with E-state index in [1.165, 1.54) is 14.9 Å². The van der Waals surface area contributed by atoms with Crippen LogP contribution in [-0.2, 0) is 13.8 Å². The molecule has 0 aliphatic carbocycles. The maximum absolute atomic E-state index is 12.5. The second kappa shape index (κ2) is 11.5. The summed E-state index contributed by atoms with van der Waals surface area (Å²) in [6, 6.07) is 23.2. The molecule has 6 rings (SSSR count). The van der Waals surface area contributed by atoms with Crippen molar-refractivity contribution >= 4 is 27.0 Å². The number of fused-ring (bicyclic) bond motifs is 1. The van der Waals surface area contributed by atoms with Crippen LogP contribution >= 0.6 is 8.53 Å². The van der Waals surface area contributed by atoms with Gasteiger partial charge in [-0.2, -0.15) is 0 Å². The number of nitrogens with zero attached hydrogens (tertiary/aromatic N) is 2. The molecule has 0 bridgehead atoms. The highest BCUT2D eigenvalue weighted by Gasteiger charge is 2.51. The molecule has 3 aromatic rings. The third-order valence-corrected chi connectivity index (χ3v) is 15.1. The Kier molecular flexibility index (Phi) is 7.96. The number of hydrogen-bond donors (Lipinski definition) is 1. The molecule has 212 valence electrons. The van der Waals surface area contributed by atoms with Crippen LogP contribution in [-0.4, -0.2) is 53.2 Å². The molecule has 1 N–H and O–H groups in total. The molecule has 1 unspecified atom stereocenters. The fraction of sp³-hybridized carbons (Fsp3) is 0.467. The second-order valence-corrected chi connectivity index (χ2v) is 17.1. The van der Waals surface area contributed by atoms with Gasteiger partial charge in [0, 0.05) is 30.8 Å². The highest BCUT2D eigenvalue weighted by molar-refractivity contribution is 7.45. The molecule has 10 heteroatoms. The van der Waals surface area contributed by atoms with Crippen molar-refractivity contribution in [3.05, 3.63) is 93.3 Å². The summed E-state index contributed by atoms with van der Waals surface area (Å²) in [6.07, 6.45) is 4.44. The first-order valence-corrected chi connectivity index (χ1v) is 18.2. The van der Waals surface area contributed by atoms with E-state index in [1.807, 2.05) is 0 Å². The number of aryl methyl sites for hydroxylation is 1. The molecular formula is C30H38N3O5PSi. The molecule has 0 spiro atoms. The van der Waals surface area contributed by atoms with Crippen molar-refractivity contribution in [1.82, 2.24) is 14.2 Å². The predicted molar refractivity (Wildman–Crippen MR) is 160 cm³/mol. The standard InChI is InChI=1S/C30H38N3O5PSi/c1-4-25-26(18-28(36-25)32-19-21(2)29(34)31-30(32)35)37-39-33-17-11-16-24(33)27(38-39)20-40(3,22-12-7-5-8-13-22)23-14-9-6-10-15-23/h5-10,12-15,19,24-28H,4,11,16-18,20H2,1-3H3,(H,31,34,35)/t24-,25+,26?,27+,28+,39-/m0/s1. The lowest BCUT2D eigenvalue weighted by atomic mass is 10.1. The van der Waals surface area contributed by atoms with Crippen LogP contribution in [0.15, 0.2) is 76.4 Å². The Bertz CT molecular complexity index is 1400. The molecule has 1 aromatic heterocycles. The molecule has 40 heavy (non-hydrogen) atoms. The fourth-order valence-corrected chi connectivity index (χ4v) is 12.5. The number of aromatic nitrogens is 2. The van der Waals surface area contributed by atoms with E-state index in [1.54, 1.807) is 13.1 Å². The fourth-order valence-electron chi connectivity index (χ4n) is 6.54. The van der Waals surface area contributed by atoms with E-state index in [2.05, 4.69) is 83.8 Å². The Morgan fingerprint density at radius 3 is 2.38 bits per heavy atom. The maximum atomic E-state index is 12.5. The zero-order valence-electron chi connectivity index (χ0n) is 23.4. The molecule has 8 nitrogen and oxygen atoms in total. The van der Waals surface area contributed by atoms with Gasteiger partial charge in [-0.25, -0.2) is 9.46 Å². The van der Waals surface area contributed by atoms with E-state index in [-0.39, 0.29) is 23.9 Å². The van der Waals surface area contributed by atoms with Crippen LogP contribution in [0.3, 0.4) is 0 Å². The SMILES string of the molecule is CC[C@H]1O[C@@H](n2cc(C)c(=O)[nH]c2=O)CC1O[P@@]1O[C@H](C[Si](C)(c2ccccc2)c2ccccc2)[C@@H]2CCCN21. The van der Waals surface area contributed by atoms with Gasteiger partial charge in [0.2, 0.25) is 0 Å². The first kappa shape index (κ1) is 27.8. The third-order valence-electron chi connectivity index (χ3n) is 8.83. The zero-order chi connectivity index (χ0) is 27.9. The highest BCUT2D eigenvalue weighted by Crippen LogP contribution is 2.58. The third kappa shape index (κ3) is 5.19. The lowest BCUT2D eigenvalue weighted by Crippen LogP contribution is -2.58. The van der Waals surface area contributed by atoms with Gasteiger partial charge in [-0.3, -0.25) is 14.3 Å². The average molecular weight is 580 g/mol. The molecule has 6 atom stereocenters. The number of ether oxygens (including phenoxy) is 1. The van der Waals surface area contributed by atoms with Crippen molar-refractivity contribution in [2.75, 3.05) is 6.54 Å². The quantitative estimate of drug-likeness (QED) is 0.322. The van der Waals surface area contributed by atoms with Crippen LogP contribution in [0.4, 0.5) is 0 Å². The molecule has 0 amide bonds. The summed E-state index contributed by atoms with van der Waals surface area (Å²) >= 11 is 0. The van der Waals surface area contributed by atoms with E-state index in [0.29, 0.717) is 18.0 Å². The number of nitrogens with one attached hydrogen (secondary N) is 1. The number of H-pyrrole nitrogens is 1. The molecule has 0 saturated carbocycles. The first-order chi connectivity index (χ1) is 19.4. The van der Waals surface area contributed by atoms with Gasteiger partial charge < -0.3 is 13.8 Å². The Labute approximate surface area is 237 Å². The van der Waals surface area contributed by atoms with Gasteiger partial charge >= 0.3 is 5.69 Å². The normalized spacial score (nSPS) is 28.7. The molecule has 3 fully saturated rings. The number of benzene rings is 2. The molecule has 0 radical (unpaired) electrons. The lowest BCUT2D eigenvalue weighted by Gasteiger charge is -2.32. The molecule has 3 aliphatic rings. The van der Waals surface area contributed by atoms with Crippen LogP contribution in [0.25, 0.3) is 0 Å². The smallest absolute Gasteiger partial charge is 0.330 e. The van der Waals surface area contributed by atoms with E-state index in [4.69, 9.17) is 13.8 Å². The lowest BCUT2D eigenvalue weighted by molar-refractivity contribution is -0.0189. The van der Waals surface area contributed by atoms with Crippen LogP contribution < -0.4 is 21.6 Å². The van der Waals surface area contributed by atoms with Crippen LogP contribution in [0.5, 0.6) is 0 Å². The van der Waals surface area contributed by atoms with Gasteiger partial charge in [-0.15, -0.1) is 0 Å². The molecule has 3 aliphatic heterocycles. The van der Waals surface area contributed by atoms with Crippen LogP contribution in [0.1, 0.15) is 44.4 Å². The first-order valence-electron chi connectivity index (χ1n) is 14.4. The minimum Gasteiger partial charge on any atom is -0.352 e. The predicted octanol–water partition coefficient (Wildman–Crippen LogP) is 3.91. The van der Waals surface area contributed by atoms with E-state index >= 15 is 0 Å². The maximum Gasteiger partial charge on any atom is 0.330 e. The number of rotatable bonds is 8. The highest BCUT2D eigenvalue weighted by atomic mass is 31.2. The summed E-state index contributed by atoms with van der Waals surface area (Å²) in [5.74, 6) is 0. The van der Waals surface area contributed by atoms with Crippen LogP contribution in [0, 0.1) is 6.92 Å². The zero-order valence-corrected chi connectivity index (χ0v) is 25.3. The summed E-state index contributed by atoms with van der Waals surface area (Å²) in [6.45, 7) is 7.22. The summed E-state index contributed by atoms with van der Waals surface area (Å²) < 4.78 is 23.9. The van der Waals surface area contributed by atoms with Gasteiger partial charge in [0.25, 0.3) is 14.1 Å². The molecule has 2 aromatic carbocycles. The van der Waals surface area contributed by atoms with E-state index < -0.39 is 28.5 Å². The minimum atomic E-state index is -2.08. The van der Waals surface area contributed by atoms with Gasteiger partial charge in [0.15, 0.2) is 0 Å². The van der Waals surface area contributed by atoms with Gasteiger partial charge in [-0.05, 0) is 32.2 Å². The Morgan fingerprint density at radius 2 is 1.73 bits per heavy atom. The topological polar surface area (TPSA) is 85.8 Å². The van der Waals surface area contributed by atoms with Crippen molar-refractivity contribution in [2.24, 2.45) is 0 Å². The number of hydrogen-bond acceptors (Lipinski definition) is 6. The average Bonchev–Trinajstić information content (AvgIpc) is 3.69. The summed E-state index contributed by atoms with van der Waals surface area (Å²) in [7, 11) is -3.32. The van der Waals surface area contributed by atoms with Crippen molar-refractivity contribution in [1.29, 1.82) is 0 Å². The summed E-state index contributed by atoms with van der Waals surface area (Å²) in [5, 5.41) is 2.84. The van der Waals surface area contributed by atoms with Crippen molar-refractivity contribution in [3.63, 3.8) is 0 Å². The second-order valence-electron chi connectivity index (χ2n) is 11.4. The van der Waals surface area contributed by atoms with Gasteiger partial charge in [0.1, 0.15) is 14.3 Å². The largest absolute Gasteiger partial charge is 0.352 e. The minimum absolute atomic E-state index is 0.105. The van der Waals surface area contributed by atoms with Crippen molar-refractivity contribution in [2.45, 2.75) is 82.7 Å². The van der Waals surface area contributed by atoms with E-state index in [9.17, 15) is 9.59 Å². The van der Waals surface area contributed by atoms with Gasteiger partial charge in [-0.1, -0.05) is 84.5 Å². The molecule has 4 heterocycles. The van der Waals surface area contributed by atoms with Gasteiger partial charge in [0.05, 0.1) is 18.3 Å². The molecule has 3 saturated heterocycles. The van der Waals surface area contributed by atoms with Crippen molar-refractivity contribution in [3.8, 4) is 0 Å².